The first kappa shape index (κ1) is 14.1. The van der Waals surface area contributed by atoms with Gasteiger partial charge in [-0.1, -0.05) is 0 Å². The van der Waals surface area contributed by atoms with Crippen LogP contribution in [-0.4, -0.2) is 37.8 Å². The van der Waals surface area contributed by atoms with Gasteiger partial charge < -0.3 is 4.74 Å². The van der Waals surface area contributed by atoms with Crippen LogP contribution in [0.5, 0.6) is 0 Å². The Morgan fingerprint density at radius 2 is 1.80 bits per heavy atom. The SMILES string of the molecule is CCOC(=O)CC(=O)CS(=O)(=O)C(C)C. The zero-order valence-corrected chi connectivity index (χ0v) is 9.96. The lowest BCUT2D eigenvalue weighted by atomic mass is 10.3. The Labute approximate surface area is 89.7 Å². The minimum absolute atomic E-state index is 0.184. The minimum Gasteiger partial charge on any atom is -0.466 e. The van der Waals surface area contributed by atoms with Crippen molar-refractivity contribution in [2.45, 2.75) is 32.4 Å². The number of hydrogen-bond acceptors (Lipinski definition) is 5. The van der Waals surface area contributed by atoms with Gasteiger partial charge >= 0.3 is 5.97 Å². The van der Waals surface area contributed by atoms with Crippen LogP contribution >= 0.6 is 0 Å². The summed E-state index contributed by atoms with van der Waals surface area (Å²) in [5, 5.41) is -0.608. The van der Waals surface area contributed by atoms with Crippen molar-refractivity contribution in [3.63, 3.8) is 0 Å². The number of esters is 1. The molecule has 0 aromatic rings. The predicted molar refractivity (Wildman–Crippen MR) is 55.2 cm³/mol. The molecule has 0 spiro atoms. The van der Waals surface area contributed by atoms with Gasteiger partial charge in [0.15, 0.2) is 15.6 Å². The summed E-state index contributed by atoms with van der Waals surface area (Å²) >= 11 is 0. The van der Waals surface area contributed by atoms with E-state index in [0.717, 1.165) is 0 Å². The molecule has 88 valence electrons. The minimum atomic E-state index is -3.42. The van der Waals surface area contributed by atoms with Crippen LogP contribution in [0, 0.1) is 0 Å². The Bertz CT molecular complexity index is 328. The number of rotatable bonds is 6. The molecular formula is C9H16O5S. The van der Waals surface area contributed by atoms with Gasteiger partial charge in [0.05, 0.1) is 11.9 Å². The second kappa shape index (κ2) is 5.85. The molecule has 15 heavy (non-hydrogen) atoms. The van der Waals surface area contributed by atoms with E-state index in [1.165, 1.54) is 13.8 Å². The first-order chi connectivity index (χ1) is 6.79. The van der Waals surface area contributed by atoms with E-state index in [9.17, 15) is 18.0 Å². The first-order valence-corrected chi connectivity index (χ1v) is 6.40. The normalized spacial score (nSPS) is 11.5. The van der Waals surface area contributed by atoms with Crippen LogP contribution in [0.15, 0.2) is 0 Å². The lowest BCUT2D eigenvalue weighted by molar-refractivity contribution is -0.145. The molecule has 0 aliphatic carbocycles. The monoisotopic (exact) mass is 236 g/mol. The van der Waals surface area contributed by atoms with E-state index in [1.54, 1.807) is 6.92 Å². The van der Waals surface area contributed by atoms with E-state index in [0.29, 0.717) is 0 Å². The molecule has 0 heterocycles. The molecule has 0 unspecified atom stereocenters. The van der Waals surface area contributed by atoms with Crippen molar-refractivity contribution < 1.29 is 22.7 Å². The second-order valence-electron chi connectivity index (χ2n) is 3.38. The Balaban J connectivity index is 4.22. The first-order valence-electron chi connectivity index (χ1n) is 4.68. The van der Waals surface area contributed by atoms with Gasteiger partial charge in [0, 0.05) is 0 Å². The number of sulfone groups is 1. The molecule has 0 atom stereocenters. The molecule has 0 radical (unpaired) electrons. The third kappa shape index (κ3) is 5.51. The van der Waals surface area contributed by atoms with Crippen LogP contribution in [0.4, 0.5) is 0 Å². The number of hydrogen-bond donors (Lipinski definition) is 0. The Kier molecular flexibility index (Phi) is 5.49. The van der Waals surface area contributed by atoms with Gasteiger partial charge in [-0.15, -0.1) is 0 Å². The van der Waals surface area contributed by atoms with Gasteiger partial charge in [-0.2, -0.15) is 0 Å². The quantitative estimate of drug-likeness (QED) is 0.490. The molecule has 5 nitrogen and oxygen atoms in total. The molecule has 0 fully saturated rings. The third-order valence-electron chi connectivity index (χ3n) is 1.73. The summed E-state index contributed by atoms with van der Waals surface area (Å²) in [6, 6.07) is 0. The van der Waals surface area contributed by atoms with E-state index < -0.39 is 39.0 Å². The zero-order chi connectivity index (χ0) is 12.1. The average Bonchev–Trinajstić information content (AvgIpc) is 2.02. The standard InChI is InChI=1S/C9H16O5S/c1-4-14-9(11)5-8(10)6-15(12,13)7(2)3/h7H,4-6H2,1-3H3. The summed E-state index contributed by atoms with van der Waals surface area (Å²) in [4.78, 5) is 22.0. The molecule has 0 amide bonds. The molecular weight excluding hydrogens is 220 g/mol. The van der Waals surface area contributed by atoms with Crippen LogP contribution in [0.1, 0.15) is 27.2 Å². The Morgan fingerprint density at radius 1 is 1.27 bits per heavy atom. The molecule has 0 saturated heterocycles. The second-order valence-corrected chi connectivity index (χ2v) is 5.93. The zero-order valence-electron chi connectivity index (χ0n) is 9.15. The lowest BCUT2D eigenvalue weighted by Gasteiger charge is -2.06. The molecule has 6 heteroatoms. The summed E-state index contributed by atoms with van der Waals surface area (Å²) < 4.78 is 27.1. The highest BCUT2D eigenvalue weighted by atomic mass is 32.2. The summed E-state index contributed by atoms with van der Waals surface area (Å²) in [5.41, 5.74) is 0. The molecule has 0 rings (SSSR count). The summed E-state index contributed by atoms with van der Waals surface area (Å²) in [7, 11) is -3.42. The van der Waals surface area contributed by atoms with Crippen molar-refractivity contribution in [3.8, 4) is 0 Å². The van der Waals surface area contributed by atoms with E-state index in [1.807, 2.05) is 0 Å². The Hall–Kier alpha value is -0.910. The molecule has 0 bridgehead atoms. The van der Waals surface area contributed by atoms with Crippen molar-refractivity contribution >= 4 is 21.6 Å². The highest BCUT2D eigenvalue weighted by molar-refractivity contribution is 7.92. The van der Waals surface area contributed by atoms with Crippen LogP contribution in [0.3, 0.4) is 0 Å². The molecule has 0 aromatic carbocycles. The van der Waals surface area contributed by atoms with Crippen molar-refractivity contribution in [3.05, 3.63) is 0 Å². The third-order valence-corrected chi connectivity index (χ3v) is 3.89. The van der Waals surface area contributed by atoms with Gasteiger partial charge in [-0.3, -0.25) is 9.59 Å². The fourth-order valence-corrected chi connectivity index (χ4v) is 1.70. The maximum absolute atomic E-state index is 11.3. The molecule has 0 aliphatic rings. The average molecular weight is 236 g/mol. The van der Waals surface area contributed by atoms with Gasteiger partial charge in [-0.05, 0) is 20.8 Å². The van der Waals surface area contributed by atoms with Crippen molar-refractivity contribution in [1.29, 1.82) is 0 Å². The van der Waals surface area contributed by atoms with Crippen molar-refractivity contribution in [1.82, 2.24) is 0 Å². The maximum atomic E-state index is 11.3. The van der Waals surface area contributed by atoms with Crippen molar-refractivity contribution in [2.75, 3.05) is 12.4 Å². The summed E-state index contributed by atoms with van der Waals surface area (Å²) in [5.74, 6) is -1.90. The molecule has 0 aliphatic heterocycles. The van der Waals surface area contributed by atoms with Crippen LogP contribution < -0.4 is 0 Å². The maximum Gasteiger partial charge on any atom is 0.313 e. The highest BCUT2D eigenvalue weighted by Gasteiger charge is 2.22. The molecule has 0 N–H and O–H groups in total. The smallest absolute Gasteiger partial charge is 0.313 e. The number of Topliss-reactive ketones (excluding diaryl/α,β-unsaturated/α-hetero) is 1. The topological polar surface area (TPSA) is 77.5 Å². The van der Waals surface area contributed by atoms with E-state index in [4.69, 9.17) is 0 Å². The largest absolute Gasteiger partial charge is 0.466 e. The fourth-order valence-electron chi connectivity index (χ4n) is 0.815. The van der Waals surface area contributed by atoms with Crippen LogP contribution in [0.25, 0.3) is 0 Å². The predicted octanol–water partition coefficient (Wildman–Crippen LogP) is 0.332. The Morgan fingerprint density at radius 3 is 2.20 bits per heavy atom. The van der Waals surface area contributed by atoms with E-state index in [-0.39, 0.29) is 6.61 Å². The van der Waals surface area contributed by atoms with Crippen molar-refractivity contribution in [2.24, 2.45) is 0 Å². The van der Waals surface area contributed by atoms with Gasteiger partial charge in [0.1, 0.15) is 12.2 Å². The van der Waals surface area contributed by atoms with Gasteiger partial charge in [0.25, 0.3) is 0 Å². The van der Waals surface area contributed by atoms with Gasteiger partial charge in [-0.25, -0.2) is 8.42 Å². The van der Waals surface area contributed by atoms with Crippen LogP contribution in [0.2, 0.25) is 0 Å². The van der Waals surface area contributed by atoms with E-state index >= 15 is 0 Å². The summed E-state index contributed by atoms with van der Waals surface area (Å²) in [6.45, 7) is 4.79. The van der Waals surface area contributed by atoms with Gasteiger partial charge in [0.2, 0.25) is 0 Å². The number of ether oxygens (including phenoxy) is 1. The van der Waals surface area contributed by atoms with E-state index in [2.05, 4.69) is 4.74 Å². The number of ketones is 1. The highest BCUT2D eigenvalue weighted by Crippen LogP contribution is 2.02. The fraction of sp³-hybridized carbons (Fsp3) is 0.778. The summed E-state index contributed by atoms with van der Waals surface area (Å²) in [6.07, 6.45) is -0.472. The number of carbonyl (C=O) groups excluding carboxylic acids is 2. The number of carbonyl (C=O) groups is 2. The lowest BCUT2D eigenvalue weighted by Crippen LogP contribution is -2.25. The van der Waals surface area contributed by atoms with Crippen LogP contribution in [-0.2, 0) is 24.2 Å². The molecule has 0 saturated carbocycles. The molecule has 0 aromatic heterocycles.